The van der Waals surface area contributed by atoms with Gasteiger partial charge >= 0.3 is 0 Å². The van der Waals surface area contributed by atoms with Crippen LogP contribution in [0.2, 0.25) is 0 Å². The average molecular weight is 537 g/mol. The molecule has 0 heterocycles. The van der Waals surface area contributed by atoms with Gasteiger partial charge in [0.25, 0.3) is 0 Å². The van der Waals surface area contributed by atoms with Crippen LogP contribution in [0.1, 0.15) is 77.3 Å². The predicted octanol–water partition coefficient (Wildman–Crippen LogP) is 8.61. The van der Waals surface area contributed by atoms with Gasteiger partial charge in [-0.3, -0.25) is 9.59 Å². The second-order valence-corrected chi connectivity index (χ2v) is 14.4. The highest BCUT2D eigenvalue weighted by Crippen LogP contribution is 2.66. The van der Waals surface area contributed by atoms with E-state index in [1.807, 2.05) is 26.0 Å². The van der Waals surface area contributed by atoms with Gasteiger partial charge in [-0.05, 0) is 122 Å². The van der Waals surface area contributed by atoms with Crippen LogP contribution in [0.15, 0.2) is 60.7 Å². The van der Waals surface area contributed by atoms with Gasteiger partial charge in [-0.2, -0.15) is 0 Å². The Morgan fingerprint density at radius 2 is 1.07 bits per heavy atom. The van der Waals surface area contributed by atoms with Crippen molar-refractivity contribution in [2.24, 2.45) is 33.5 Å². The van der Waals surface area contributed by atoms with Gasteiger partial charge in [-0.25, -0.2) is 0 Å². The van der Waals surface area contributed by atoms with Crippen molar-refractivity contribution >= 4 is 23.2 Å². The highest BCUT2D eigenvalue weighted by atomic mass is 16.2. The molecular weight excluding hydrogens is 492 g/mol. The third kappa shape index (κ3) is 3.63. The van der Waals surface area contributed by atoms with Crippen LogP contribution in [0.3, 0.4) is 0 Å². The topological polar surface area (TPSA) is 58.2 Å². The molecule has 0 aromatic heterocycles. The summed E-state index contributed by atoms with van der Waals surface area (Å²) >= 11 is 0. The van der Waals surface area contributed by atoms with Crippen LogP contribution in [0.25, 0.3) is 11.1 Å². The molecule has 2 N–H and O–H groups in total. The number of carbonyl (C=O) groups is 2. The minimum absolute atomic E-state index is 0.0266. The fraction of sp³-hybridized carbons (Fsp3) is 0.500. The molecule has 4 saturated carbocycles. The van der Waals surface area contributed by atoms with Crippen LogP contribution in [-0.4, -0.2) is 11.8 Å². The molecule has 0 radical (unpaired) electrons. The molecule has 4 heteroatoms. The zero-order chi connectivity index (χ0) is 28.8. The first kappa shape index (κ1) is 27.1. The van der Waals surface area contributed by atoms with Crippen LogP contribution in [0, 0.1) is 47.3 Å². The zero-order valence-corrected chi connectivity index (χ0v) is 25.1. The number of hydrogen-bond acceptors (Lipinski definition) is 2. The maximum atomic E-state index is 13.6. The van der Waals surface area contributed by atoms with E-state index in [-0.39, 0.29) is 22.6 Å². The second-order valence-electron chi connectivity index (χ2n) is 14.4. The number of benzene rings is 2. The first-order valence-corrected chi connectivity index (χ1v) is 15.0. The maximum absolute atomic E-state index is 13.6. The molecule has 4 bridgehead atoms. The van der Waals surface area contributed by atoms with E-state index in [1.54, 1.807) is 0 Å². The van der Waals surface area contributed by atoms with Crippen LogP contribution in [0.4, 0.5) is 11.4 Å². The SMILES string of the molecule is C=C1C2(C(=O)Nc3ccc(-c4ccc(NC(=O)C56CCC(C5)C(C)(C)C6=C)c(C)c4)cc3C)CCC(C2)C1(C)C. The number of fused-ring (bicyclic) bond motifs is 4. The third-order valence-corrected chi connectivity index (χ3v) is 11.9. The van der Waals surface area contributed by atoms with E-state index in [2.05, 4.69) is 75.8 Å². The number of rotatable bonds is 5. The van der Waals surface area contributed by atoms with Gasteiger partial charge in [0.1, 0.15) is 0 Å². The van der Waals surface area contributed by atoms with E-state index >= 15 is 0 Å². The molecule has 4 aliphatic rings. The number of amides is 2. The fourth-order valence-corrected chi connectivity index (χ4v) is 8.73. The van der Waals surface area contributed by atoms with Crippen molar-refractivity contribution in [3.05, 3.63) is 71.8 Å². The smallest absolute Gasteiger partial charge is 0.234 e. The van der Waals surface area contributed by atoms with Crippen molar-refractivity contribution in [2.45, 2.75) is 80.1 Å². The lowest BCUT2D eigenvalue weighted by atomic mass is 9.68. The first-order chi connectivity index (χ1) is 18.7. The Morgan fingerprint density at radius 1 is 0.700 bits per heavy atom. The third-order valence-electron chi connectivity index (χ3n) is 11.9. The summed E-state index contributed by atoms with van der Waals surface area (Å²) in [6, 6.07) is 12.4. The van der Waals surface area contributed by atoms with Gasteiger partial charge < -0.3 is 10.6 Å². The Balaban J connectivity index is 1.17. The number of nitrogens with one attached hydrogen (secondary N) is 2. The summed E-state index contributed by atoms with van der Waals surface area (Å²) < 4.78 is 0. The van der Waals surface area contributed by atoms with E-state index < -0.39 is 10.8 Å². The van der Waals surface area contributed by atoms with Crippen LogP contribution >= 0.6 is 0 Å². The fourth-order valence-electron chi connectivity index (χ4n) is 8.73. The number of hydrogen-bond donors (Lipinski definition) is 2. The van der Waals surface area contributed by atoms with Crippen molar-refractivity contribution < 1.29 is 9.59 Å². The Bertz CT molecular complexity index is 1370. The monoisotopic (exact) mass is 536 g/mol. The van der Waals surface area contributed by atoms with E-state index in [4.69, 9.17) is 0 Å². The molecule has 0 spiro atoms. The molecule has 4 unspecified atom stereocenters. The van der Waals surface area contributed by atoms with Gasteiger partial charge in [0, 0.05) is 11.4 Å². The molecule has 2 aromatic rings. The minimum Gasteiger partial charge on any atom is -0.325 e. The Hall–Kier alpha value is -3.14. The number of carbonyl (C=O) groups excluding carboxylic acids is 2. The van der Waals surface area contributed by atoms with Gasteiger partial charge in [0.05, 0.1) is 10.8 Å². The molecule has 6 rings (SSSR count). The quantitative estimate of drug-likeness (QED) is 0.376. The summed E-state index contributed by atoms with van der Waals surface area (Å²) in [6.07, 6.45) is 5.83. The van der Waals surface area contributed by atoms with Crippen molar-refractivity contribution in [1.29, 1.82) is 0 Å². The molecule has 4 nitrogen and oxygen atoms in total. The highest BCUT2D eigenvalue weighted by Gasteiger charge is 2.62. The summed E-state index contributed by atoms with van der Waals surface area (Å²) in [5.74, 6) is 1.28. The molecule has 210 valence electrons. The number of aryl methyl sites for hydroxylation is 2. The second kappa shape index (κ2) is 8.68. The molecule has 2 aromatic carbocycles. The molecule has 4 aliphatic carbocycles. The van der Waals surface area contributed by atoms with E-state index in [0.717, 1.165) is 83.3 Å². The highest BCUT2D eigenvalue weighted by molar-refractivity contribution is 6.00. The lowest BCUT2D eigenvalue weighted by molar-refractivity contribution is -0.124. The van der Waals surface area contributed by atoms with Gasteiger partial charge in [0.2, 0.25) is 11.8 Å². The summed E-state index contributed by atoms with van der Waals surface area (Å²) in [7, 11) is 0. The van der Waals surface area contributed by atoms with Crippen molar-refractivity contribution in [3.63, 3.8) is 0 Å². The lowest BCUT2D eigenvalue weighted by Crippen LogP contribution is -2.37. The molecule has 2 amide bonds. The molecular formula is C36H44N2O2. The van der Waals surface area contributed by atoms with Crippen LogP contribution in [-0.2, 0) is 9.59 Å². The maximum Gasteiger partial charge on any atom is 0.234 e. The average Bonchev–Trinajstić information content (AvgIpc) is 3.64. The predicted molar refractivity (Wildman–Crippen MR) is 164 cm³/mol. The first-order valence-electron chi connectivity index (χ1n) is 15.0. The van der Waals surface area contributed by atoms with Crippen molar-refractivity contribution in [1.82, 2.24) is 0 Å². The van der Waals surface area contributed by atoms with Crippen molar-refractivity contribution in [3.8, 4) is 11.1 Å². The Kier molecular flexibility index (Phi) is 5.87. The summed E-state index contributed by atoms with van der Waals surface area (Å²) in [5, 5.41) is 6.51. The molecule has 0 aliphatic heterocycles. The van der Waals surface area contributed by atoms with Crippen LogP contribution < -0.4 is 10.6 Å². The summed E-state index contributed by atoms with van der Waals surface area (Å²) in [5.41, 5.74) is 7.34. The van der Waals surface area contributed by atoms with Crippen LogP contribution in [0.5, 0.6) is 0 Å². The van der Waals surface area contributed by atoms with E-state index in [0.29, 0.717) is 11.8 Å². The summed E-state index contributed by atoms with van der Waals surface area (Å²) in [4.78, 5) is 27.1. The normalized spacial score (nSPS) is 31.1. The largest absolute Gasteiger partial charge is 0.325 e. The zero-order valence-electron chi connectivity index (χ0n) is 25.1. The Labute approximate surface area is 239 Å². The molecule has 40 heavy (non-hydrogen) atoms. The van der Waals surface area contributed by atoms with Gasteiger partial charge in [-0.1, -0.05) is 64.1 Å². The summed E-state index contributed by atoms with van der Waals surface area (Å²) in [6.45, 7) is 21.8. The molecule has 4 fully saturated rings. The van der Waals surface area contributed by atoms with E-state index in [1.165, 1.54) is 0 Å². The van der Waals surface area contributed by atoms with Gasteiger partial charge in [0.15, 0.2) is 0 Å². The minimum atomic E-state index is -0.434. The number of anilines is 2. The Morgan fingerprint density at radius 3 is 1.38 bits per heavy atom. The lowest BCUT2D eigenvalue weighted by Gasteiger charge is -2.37. The molecule has 0 saturated heterocycles. The van der Waals surface area contributed by atoms with E-state index in [9.17, 15) is 9.59 Å². The van der Waals surface area contributed by atoms with Gasteiger partial charge in [-0.15, -0.1) is 0 Å². The standard InChI is InChI=1S/C36H44N2O2/c1-21-17-25(9-11-29(21)37-31(39)35-15-13-27(19-35)33(5,6)23(35)3)26-10-12-30(22(2)18-26)38-32(40)36-16-14-28(20-36)34(7,8)24(36)4/h9-12,17-18,27-28H,3-4,13-16,19-20H2,1-2,5-8H3,(H,37,39)(H,38,40). The molecule has 4 atom stereocenters. The van der Waals surface area contributed by atoms with Crippen molar-refractivity contribution in [2.75, 3.05) is 10.6 Å².